The Morgan fingerprint density at radius 1 is 0.581 bits per heavy atom. The summed E-state index contributed by atoms with van der Waals surface area (Å²) < 4.78 is 9.08. The van der Waals surface area contributed by atoms with E-state index in [4.69, 9.17) is 27.4 Å². The zero-order chi connectivity index (χ0) is 24.0. The van der Waals surface area contributed by atoms with Gasteiger partial charge in [-0.2, -0.15) is 0 Å². The average Bonchev–Trinajstić information content (AvgIpc) is 2.66. The first-order chi connectivity index (χ1) is 14.4. The van der Waals surface area contributed by atoms with Crippen LogP contribution < -0.4 is 17.2 Å². The van der Waals surface area contributed by atoms with Crippen molar-refractivity contribution >= 4 is 35.8 Å². The van der Waals surface area contributed by atoms with E-state index in [2.05, 4.69) is 9.47 Å². The number of esters is 4. The molecule has 13 heteroatoms. The van der Waals surface area contributed by atoms with E-state index in [0.29, 0.717) is 0 Å². The Balaban J connectivity index is 4.15. The summed E-state index contributed by atoms with van der Waals surface area (Å²) >= 11 is 0. The third-order valence-corrected chi connectivity index (χ3v) is 4.03. The van der Waals surface area contributed by atoms with Gasteiger partial charge in [-0.1, -0.05) is 0 Å². The van der Waals surface area contributed by atoms with Crippen molar-refractivity contribution in [1.82, 2.24) is 0 Å². The van der Waals surface area contributed by atoms with Gasteiger partial charge in [0, 0.05) is 19.3 Å². The summed E-state index contributed by atoms with van der Waals surface area (Å²) in [5.41, 5.74) is 16.6. The summed E-state index contributed by atoms with van der Waals surface area (Å²) in [6.45, 7) is 0. The molecule has 8 N–H and O–H groups in total. The van der Waals surface area contributed by atoms with Gasteiger partial charge in [0.15, 0.2) is 0 Å². The lowest BCUT2D eigenvalue weighted by Gasteiger charge is -2.13. The van der Waals surface area contributed by atoms with Crippen molar-refractivity contribution in [2.45, 2.75) is 75.9 Å². The van der Waals surface area contributed by atoms with Gasteiger partial charge in [0.2, 0.25) is 0 Å². The Kier molecular flexibility index (Phi) is 13.6. The molecular formula is C18H29N3O10. The summed E-state index contributed by atoms with van der Waals surface area (Å²) in [5, 5.41) is 17.0. The van der Waals surface area contributed by atoms with E-state index < -0.39 is 53.9 Å². The molecule has 0 aromatic carbocycles. The van der Waals surface area contributed by atoms with E-state index >= 15 is 0 Å². The molecule has 0 bridgehead atoms. The molecule has 0 aromatic rings. The smallest absolute Gasteiger partial charge is 0.330 e. The summed E-state index contributed by atoms with van der Waals surface area (Å²) in [6.07, 6.45) is -0.248. The summed E-state index contributed by atoms with van der Waals surface area (Å²) in [4.78, 5) is 67.6. The van der Waals surface area contributed by atoms with Crippen LogP contribution in [-0.2, 0) is 38.2 Å². The van der Waals surface area contributed by atoms with E-state index in [1.165, 1.54) is 0 Å². The maximum atomic E-state index is 11.8. The molecule has 0 amide bonds. The van der Waals surface area contributed by atoms with Crippen molar-refractivity contribution in [3.05, 3.63) is 0 Å². The number of carboxylic acid groups (broad SMARTS) is 2. The second-order valence-corrected chi connectivity index (χ2v) is 6.82. The van der Waals surface area contributed by atoms with Crippen molar-refractivity contribution in [3.8, 4) is 0 Å². The number of ether oxygens (including phenoxy) is 2. The number of hydrogen-bond acceptors (Lipinski definition) is 11. The average molecular weight is 447 g/mol. The van der Waals surface area contributed by atoms with E-state index in [0.717, 1.165) is 0 Å². The largest absolute Gasteiger partial charge is 0.481 e. The maximum absolute atomic E-state index is 11.8. The van der Waals surface area contributed by atoms with Gasteiger partial charge >= 0.3 is 35.8 Å². The van der Waals surface area contributed by atoms with Crippen LogP contribution in [-0.4, -0.2) is 64.2 Å². The highest BCUT2D eigenvalue weighted by Crippen LogP contribution is 2.07. The third-order valence-electron chi connectivity index (χ3n) is 4.03. The van der Waals surface area contributed by atoms with E-state index in [-0.39, 0.29) is 57.8 Å². The molecule has 13 nitrogen and oxygen atoms in total. The van der Waals surface area contributed by atoms with Crippen LogP contribution in [0.15, 0.2) is 0 Å². The fraction of sp³-hybridized carbons (Fsp3) is 0.667. The fourth-order valence-electron chi connectivity index (χ4n) is 2.26. The van der Waals surface area contributed by atoms with Crippen LogP contribution in [0, 0.1) is 0 Å². The minimum atomic E-state index is -1.23. The number of aliphatic carboxylic acids is 2. The second-order valence-electron chi connectivity index (χ2n) is 6.82. The monoisotopic (exact) mass is 447 g/mol. The molecule has 0 saturated heterocycles. The normalized spacial score (nSPS) is 13.5. The first kappa shape index (κ1) is 28.1. The van der Waals surface area contributed by atoms with Crippen LogP contribution in [0.1, 0.15) is 57.8 Å². The quantitative estimate of drug-likeness (QED) is 0.146. The van der Waals surface area contributed by atoms with E-state index in [9.17, 15) is 28.8 Å². The van der Waals surface area contributed by atoms with Gasteiger partial charge in [0.25, 0.3) is 0 Å². The minimum Gasteiger partial charge on any atom is -0.481 e. The number of nitrogens with two attached hydrogens (primary N) is 3. The molecule has 0 aromatic heterocycles. The SMILES string of the molecule is NC(CCCC(=O)OC(=O)[C@@H](N)CCCC(=O)O)C(=O)OC(=O)[C@@H](N)CCCC(=O)O. The summed E-state index contributed by atoms with van der Waals surface area (Å²) in [5.74, 6) is -6.04. The van der Waals surface area contributed by atoms with E-state index in [1.54, 1.807) is 0 Å². The van der Waals surface area contributed by atoms with Crippen LogP contribution in [0.5, 0.6) is 0 Å². The van der Waals surface area contributed by atoms with Crippen molar-refractivity contribution in [3.63, 3.8) is 0 Å². The summed E-state index contributed by atoms with van der Waals surface area (Å²) in [7, 11) is 0. The first-order valence-corrected chi connectivity index (χ1v) is 9.64. The topological polar surface area (TPSA) is 239 Å². The van der Waals surface area contributed by atoms with Gasteiger partial charge in [-0.3, -0.25) is 14.4 Å². The molecule has 0 spiro atoms. The number of hydrogen-bond donors (Lipinski definition) is 5. The molecule has 0 saturated carbocycles. The van der Waals surface area contributed by atoms with Crippen LogP contribution in [0.25, 0.3) is 0 Å². The Bertz CT molecular complexity index is 667. The molecule has 0 aliphatic carbocycles. The molecule has 1 unspecified atom stereocenters. The molecule has 31 heavy (non-hydrogen) atoms. The zero-order valence-electron chi connectivity index (χ0n) is 17.0. The Morgan fingerprint density at radius 2 is 0.903 bits per heavy atom. The van der Waals surface area contributed by atoms with Crippen molar-refractivity contribution < 1.29 is 48.5 Å². The molecule has 0 heterocycles. The van der Waals surface area contributed by atoms with Crippen LogP contribution in [0.4, 0.5) is 0 Å². The van der Waals surface area contributed by atoms with Crippen LogP contribution in [0.2, 0.25) is 0 Å². The molecule has 176 valence electrons. The molecule has 0 aliphatic heterocycles. The number of rotatable bonds is 15. The van der Waals surface area contributed by atoms with Crippen molar-refractivity contribution in [1.29, 1.82) is 0 Å². The van der Waals surface area contributed by atoms with Gasteiger partial charge in [0.1, 0.15) is 18.1 Å². The molecule has 0 radical (unpaired) electrons. The zero-order valence-corrected chi connectivity index (χ0v) is 17.0. The van der Waals surface area contributed by atoms with Crippen molar-refractivity contribution in [2.75, 3.05) is 0 Å². The number of carboxylic acids is 2. The number of carbonyl (C=O) groups is 6. The lowest BCUT2D eigenvalue weighted by Crippen LogP contribution is -2.39. The van der Waals surface area contributed by atoms with Gasteiger partial charge in [-0.05, 0) is 38.5 Å². The predicted octanol–water partition coefficient (Wildman–Crippen LogP) is -1.21. The highest BCUT2D eigenvalue weighted by molar-refractivity contribution is 5.91. The Hall–Kier alpha value is -2.90. The molecular weight excluding hydrogens is 418 g/mol. The Labute approximate surface area is 178 Å². The van der Waals surface area contributed by atoms with Gasteiger partial charge in [-0.15, -0.1) is 0 Å². The fourth-order valence-corrected chi connectivity index (χ4v) is 2.26. The lowest BCUT2D eigenvalue weighted by molar-refractivity contribution is -0.163. The highest BCUT2D eigenvalue weighted by Gasteiger charge is 2.24. The van der Waals surface area contributed by atoms with Crippen molar-refractivity contribution in [2.24, 2.45) is 17.2 Å². The van der Waals surface area contributed by atoms with Crippen LogP contribution >= 0.6 is 0 Å². The maximum Gasteiger partial charge on any atom is 0.330 e. The molecule has 0 aliphatic rings. The molecule has 3 atom stereocenters. The minimum absolute atomic E-state index is 0.0198. The predicted molar refractivity (Wildman–Crippen MR) is 103 cm³/mol. The highest BCUT2D eigenvalue weighted by atomic mass is 16.6. The molecule has 0 fully saturated rings. The third kappa shape index (κ3) is 13.9. The molecule has 0 rings (SSSR count). The van der Waals surface area contributed by atoms with Crippen LogP contribution in [0.3, 0.4) is 0 Å². The standard InChI is InChI=1S/C18H29N3O10/c19-10(4-1-7-13(22)23)16(27)30-15(26)9-3-6-12(21)18(29)31-17(28)11(20)5-2-8-14(24)25/h10-12H,1-9,19-21H2,(H,22,23)(H,24,25)/t10-,11-,12?/m0/s1. The summed E-state index contributed by atoms with van der Waals surface area (Å²) in [6, 6.07) is -3.53. The Morgan fingerprint density at radius 3 is 1.26 bits per heavy atom. The van der Waals surface area contributed by atoms with E-state index in [1.807, 2.05) is 0 Å². The van der Waals surface area contributed by atoms with Gasteiger partial charge < -0.3 is 36.9 Å². The second kappa shape index (κ2) is 15.0. The lowest BCUT2D eigenvalue weighted by atomic mass is 10.1. The number of carbonyl (C=O) groups excluding carboxylic acids is 4. The van der Waals surface area contributed by atoms with Gasteiger partial charge in [0.05, 0.1) is 0 Å². The first-order valence-electron chi connectivity index (χ1n) is 9.64. The van der Waals surface area contributed by atoms with Gasteiger partial charge in [-0.25, -0.2) is 14.4 Å².